The van der Waals surface area contributed by atoms with Crippen LogP contribution in [0.25, 0.3) is 6.08 Å². The van der Waals surface area contributed by atoms with E-state index >= 15 is 0 Å². The maximum atomic E-state index is 4.59. The van der Waals surface area contributed by atoms with Gasteiger partial charge in [-0.2, -0.15) is 0 Å². The van der Waals surface area contributed by atoms with Crippen LogP contribution in [-0.2, 0) is 0 Å². The summed E-state index contributed by atoms with van der Waals surface area (Å²) in [7, 11) is 0. The van der Waals surface area contributed by atoms with E-state index in [1.54, 1.807) is 0 Å². The Labute approximate surface area is 91.6 Å². The van der Waals surface area contributed by atoms with E-state index in [-0.39, 0.29) is 5.54 Å². The zero-order valence-corrected chi connectivity index (χ0v) is 9.83. The maximum absolute atomic E-state index is 4.59. The molecular formula is C14H17N. The van der Waals surface area contributed by atoms with Crippen molar-refractivity contribution in [1.82, 2.24) is 0 Å². The number of rotatable bonds is 0. The largest absolute Gasteiger partial charge is 0.282 e. The number of aryl methyl sites for hydroxylation is 2. The summed E-state index contributed by atoms with van der Waals surface area (Å²) in [6.45, 7) is 8.53. The van der Waals surface area contributed by atoms with Crippen LogP contribution in [0.2, 0.25) is 0 Å². The molecule has 0 amide bonds. The average molecular weight is 199 g/mol. The van der Waals surface area contributed by atoms with E-state index < -0.39 is 0 Å². The van der Waals surface area contributed by atoms with Gasteiger partial charge in [-0.05, 0) is 44.4 Å². The fourth-order valence-corrected chi connectivity index (χ4v) is 1.81. The van der Waals surface area contributed by atoms with Crippen LogP contribution in [0.5, 0.6) is 0 Å². The van der Waals surface area contributed by atoms with Crippen LogP contribution in [0, 0.1) is 13.8 Å². The standard InChI is InChI=1S/C14H17N/c1-10-5-6-11(2)13-9-15-14(3,4)8-7-12(10)13/h5-9H,1-4H3. The first kappa shape index (κ1) is 10.2. The van der Waals surface area contributed by atoms with Crippen molar-refractivity contribution in [2.75, 3.05) is 0 Å². The average Bonchev–Trinajstić information content (AvgIpc) is 2.32. The van der Waals surface area contributed by atoms with Crippen molar-refractivity contribution >= 4 is 12.3 Å². The van der Waals surface area contributed by atoms with Crippen LogP contribution < -0.4 is 0 Å². The Balaban J connectivity index is 2.67. The van der Waals surface area contributed by atoms with Gasteiger partial charge in [0.05, 0.1) is 5.54 Å². The minimum atomic E-state index is -0.0854. The van der Waals surface area contributed by atoms with E-state index in [0.717, 1.165) is 0 Å². The van der Waals surface area contributed by atoms with Gasteiger partial charge < -0.3 is 0 Å². The molecule has 0 aliphatic carbocycles. The highest BCUT2D eigenvalue weighted by atomic mass is 14.8. The first-order chi connectivity index (χ1) is 6.99. The number of hydrogen-bond acceptors (Lipinski definition) is 1. The molecule has 1 heterocycles. The van der Waals surface area contributed by atoms with Gasteiger partial charge in [-0.25, -0.2) is 0 Å². The van der Waals surface area contributed by atoms with Crippen LogP contribution in [0.4, 0.5) is 0 Å². The van der Waals surface area contributed by atoms with E-state index in [4.69, 9.17) is 0 Å². The molecule has 1 aliphatic heterocycles. The summed E-state index contributed by atoms with van der Waals surface area (Å²) in [4.78, 5) is 4.59. The van der Waals surface area contributed by atoms with Crippen molar-refractivity contribution in [2.24, 2.45) is 4.99 Å². The summed E-state index contributed by atoms with van der Waals surface area (Å²) in [6.07, 6.45) is 6.38. The van der Waals surface area contributed by atoms with Crippen LogP contribution in [0.15, 0.2) is 23.2 Å². The quantitative estimate of drug-likeness (QED) is 0.606. The summed E-state index contributed by atoms with van der Waals surface area (Å²) in [5.41, 5.74) is 5.09. The summed E-state index contributed by atoms with van der Waals surface area (Å²) < 4.78 is 0. The molecule has 0 bridgehead atoms. The van der Waals surface area contributed by atoms with Gasteiger partial charge >= 0.3 is 0 Å². The third-order valence-electron chi connectivity index (χ3n) is 2.91. The highest BCUT2D eigenvalue weighted by Gasteiger charge is 2.15. The van der Waals surface area contributed by atoms with E-state index in [1.165, 1.54) is 22.3 Å². The molecule has 0 spiro atoms. The van der Waals surface area contributed by atoms with Crippen molar-refractivity contribution in [3.05, 3.63) is 40.5 Å². The molecule has 15 heavy (non-hydrogen) atoms. The van der Waals surface area contributed by atoms with Gasteiger partial charge in [-0.15, -0.1) is 0 Å². The van der Waals surface area contributed by atoms with E-state index in [0.29, 0.717) is 0 Å². The normalized spacial score (nSPS) is 17.3. The molecule has 1 nitrogen and oxygen atoms in total. The summed E-state index contributed by atoms with van der Waals surface area (Å²) in [6, 6.07) is 4.33. The van der Waals surface area contributed by atoms with Gasteiger partial charge in [0.15, 0.2) is 0 Å². The molecule has 2 rings (SSSR count). The predicted molar refractivity (Wildman–Crippen MR) is 66.6 cm³/mol. The van der Waals surface area contributed by atoms with Crippen molar-refractivity contribution in [2.45, 2.75) is 33.2 Å². The molecule has 0 aromatic heterocycles. The van der Waals surface area contributed by atoms with Gasteiger partial charge in [0.1, 0.15) is 0 Å². The topological polar surface area (TPSA) is 12.4 Å². The predicted octanol–water partition coefficient (Wildman–Crippen LogP) is 3.53. The van der Waals surface area contributed by atoms with Crippen molar-refractivity contribution in [3.8, 4) is 0 Å². The molecule has 0 atom stereocenters. The van der Waals surface area contributed by atoms with Gasteiger partial charge in [0.2, 0.25) is 0 Å². The highest BCUT2D eigenvalue weighted by Crippen LogP contribution is 2.24. The summed E-state index contributed by atoms with van der Waals surface area (Å²) in [5.74, 6) is 0. The lowest BCUT2D eigenvalue weighted by Gasteiger charge is -2.11. The third-order valence-corrected chi connectivity index (χ3v) is 2.91. The van der Waals surface area contributed by atoms with Gasteiger partial charge in [-0.3, -0.25) is 4.99 Å². The van der Waals surface area contributed by atoms with Gasteiger partial charge in [0, 0.05) is 11.8 Å². The molecule has 0 saturated heterocycles. The van der Waals surface area contributed by atoms with Crippen molar-refractivity contribution in [1.29, 1.82) is 0 Å². The first-order valence-electron chi connectivity index (χ1n) is 5.34. The van der Waals surface area contributed by atoms with E-state index in [9.17, 15) is 0 Å². The Bertz CT molecular complexity index is 410. The molecule has 1 aromatic rings. The lowest BCUT2D eigenvalue weighted by atomic mass is 9.97. The number of nitrogens with zero attached hydrogens (tertiary/aromatic N) is 1. The SMILES string of the molecule is Cc1ccc(C)c2c1C=CC(C)(C)N=C2. The number of hydrogen-bond donors (Lipinski definition) is 0. The Morgan fingerprint density at radius 2 is 1.60 bits per heavy atom. The third kappa shape index (κ3) is 1.87. The Kier molecular flexibility index (Phi) is 2.26. The van der Waals surface area contributed by atoms with Crippen LogP contribution in [0.3, 0.4) is 0 Å². The second-order valence-electron chi connectivity index (χ2n) is 4.77. The molecule has 1 aromatic carbocycles. The molecule has 0 N–H and O–H groups in total. The second-order valence-corrected chi connectivity index (χ2v) is 4.77. The highest BCUT2D eigenvalue weighted by molar-refractivity contribution is 5.89. The van der Waals surface area contributed by atoms with E-state index in [2.05, 4.69) is 57.0 Å². The monoisotopic (exact) mass is 199 g/mol. The molecule has 1 heteroatoms. The minimum Gasteiger partial charge on any atom is -0.282 e. The molecule has 0 fully saturated rings. The maximum Gasteiger partial charge on any atom is 0.0735 e. The fraction of sp³-hybridized carbons (Fsp3) is 0.357. The number of fused-ring (bicyclic) bond motifs is 1. The van der Waals surface area contributed by atoms with Crippen molar-refractivity contribution in [3.63, 3.8) is 0 Å². The summed E-state index contributed by atoms with van der Waals surface area (Å²) in [5, 5.41) is 0. The Morgan fingerprint density at radius 3 is 2.27 bits per heavy atom. The number of aliphatic imine (C=N–C) groups is 1. The van der Waals surface area contributed by atoms with Gasteiger partial charge in [0.25, 0.3) is 0 Å². The first-order valence-corrected chi connectivity index (χ1v) is 5.34. The van der Waals surface area contributed by atoms with Gasteiger partial charge in [-0.1, -0.05) is 24.3 Å². The molecule has 0 radical (unpaired) electrons. The smallest absolute Gasteiger partial charge is 0.0735 e. The van der Waals surface area contributed by atoms with E-state index in [1.807, 2.05) is 6.21 Å². The minimum absolute atomic E-state index is 0.0854. The molecule has 1 aliphatic rings. The van der Waals surface area contributed by atoms with Crippen molar-refractivity contribution < 1.29 is 0 Å². The molecule has 0 unspecified atom stereocenters. The molecule has 78 valence electrons. The number of benzene rings is 1. The zero-order valence-electron chi connectivity index (χ0n) is 9.83. The fourth-order valence-electron chi connectivity index (χ4n) is 1.81. The Morgan fingerprint density at radius 1 is 1.00 bits per heavy atom. The lowest BCUT2D eigenvalue weighted by molar-refractivity contribution is 0.665. The van der Waals surface area contributed by atoms with Crippen LogP contribution >= 0.6 is 0 Å². The second kappa shape index (κ2) is 3.34. The Hall–Kier alpha value is -1.37. The lowest BCUT2D eigenvalue weighted by Crippen LogP contribution is -2.11. The zero-order chi connectivity index (χ0) is 11.1. The molecule has 0 saturated carbocycles. The molecular weight excluding hydrogens is 182 g/mol. The summed E-state index contributed by atoms with van der Waals surface area (Å²) >= 11 is 0. The van der Waals surface area contributed by atoms with Crippen LogP contribution in [0.1, 0.15) is 36.1 Å². The van der Waals surface area contributed by atoms with Crippen LogP contribution in [-0.4, -0.2) is 11.8 Å².